The number of fused-ring (bicyclic) bond motifs is 1. The van der Waals surface area contributed by atoms with Crippen molar-refractivity contribution in [2.45, 2.75) is 48.9 Å². The summed E-state index contributed by atoms with van der Waals surface area (Å²) in [4.78, 5) is 50.9. The summed E-state index contributed by atoms with van der Waals surface area (Å²) in [7, 11) is 0. The minimum Gasteiger partial charge on any atom is -0.508 e. The molecule has 2 amide bonds. The number of aliphatic carboxylic acids is 1. The molecule has 0 spiro atoms. The third kappa shape index (κ3) is 5.79. The second-order valence-electron chi connectivity index (χ2n) is 8.80. The van der Waals surface area contributed by atoms with E-state index in [1.165, 1.54) is 52.7 Å². The van der Waals surface area contributed by atoms with Crippen LogP contribution in [0.5, 0.6) is 5.75 Å². The van der Waals surface area contributed by atoms with Crippen molar-refractivity contribution in [3.8, 4) is 5.75 Å². The number of rotatable bonds is 10. The fourth-order valence-corrected chi connectivity index (χ4v) is 6.36. The molecule has 0 radical (unpaired) electrons. The van der Waals surface area contributed by atoms with Crippen molar-refractivity contribution in [2.75, 3.05) is 11.5 Å². The molecule has 4 rings (SSSR count). The van der Waals surface area contributed by atoms with Gasteiger partial charge in [0.1, 0.15) is 39.6 Å². The number of β-lactam (4-membered cyclic amide) rings is 1. The van der Waals surface area contributed by atoms with Gasteiger partial charge in [-0.25, -0.2) is 4.79 Å². The van der Waals surface area contributed by atoms with Gasteiger partial charge in [-0.1, -0.05) is 23.9 Å². The fourth-order valence-electron chi connectivity index (χ4n) is 3.94. The molecule has 2 aliphatic rings. The Bertz CT molecular complexity index is 1280. The number of esters is 1. The lowest BCUT2D eigenvalue weighted by atomic mass is 10.0. The molecule has 3 heterocycles. The third-order valence-electron chi connectivity index (χ3n) is 5.73. The number of aromatic amines is 1. The van der Waals surface area contributed by atoms with Crippen LogP contribution in [-0.2, 0) is 30.3 Å². The van der Waals surface area contributed by atoms with Crippen molar-refractivity contribution in [1.82, 2.24) is 25.6 Å². The number of carbonyl (C=O) groups is 4. The number of hydrogen-bond donors (Lipinski definition) is 5. The number of benzene rings is 1. The van der Waals surface area contributed by atoms with Crippen LogP contribution in [0.2, 0.25) is 0 Å². The second-order valence-corrected chi connectivity index (χ2v) is 10.9. The van der Waals surface area contributed by atoms with E-state index in [2.05, 4.69) is 20.7 Å². The molecule has 1 aromatic carbocycles. The Labute approximate surface area is 225 Å². The number of nitrogens with one attached hydrogen (secondary N) is 2. The zero-order valence-electron chi connectivity index (χ0n) is 20.4. The largest absolute Gasteiger partial charge is 0.508 e. The SMILES string of the molecule is CC(C)OC(=O)Cc1n[nH]nc1SCC1=C(C(=O)O)N2C(=O)C(NC(=O)[C@H](N)c3ccc(O)cc3)[C@H]2SC1. The first kappa shape index (κ1) is 27.5. The summed E-state index contributed by atoms with van der Waals surface area (Å²) < 4.78 is 5.14. The standard InChI is InChI=1S/C23H26N6O7S2/c1-10(2)36-15(31)7-14-20(27-28-26-14)37-8-12-9-38-22-17(21(33)29(22)18(12)23(34)35)25-19(32)16(24)11-3-5-13(30)6-4-11/h3-6,10,16-17,22,30H,7-9,24H2,1-2H3,(H,25,32)(H,34,35)(H,26,27,28)/t16-,17?,22-/m1/s1. The van der Waals surface area contributed by atoms with Crippen LogP contribution in [0, 0.1) is 0 Å². The Balaban J connectivity index is 1.42. The van der Waals surface area contributed by atoms with Gasteiger partial charge in [-0.05, 0) is 37.1 Å². The Morgan fingerprint density at radius 2 is 2.00 bits per heavy atom. The first-order valence-electron chi connectivity index (χ1n) is 11.5. The maximum atomic E-state index is 12.9. The van der Waals surface area contributed by atoms with Gasteiger partial charge in [0.05, 0.1) is 12.5 Å². The molecule has 0 aliphatic carbocycles. The van der Waals surface area contributed by atoms with Gasteiger partial charge < -0.3 is 26.0 Å². The van der Waals surface area contributed by atoms with Crippen molar-refractivity contribution in [2.24, 2.45) is 5.73 Å². The molecule has 13 nitrogen and oxygen atoms in total. The van der Waals surface area contributed by atoms with E-state index in [1.807, 2.05) is 0 Å². The van der Waals surface area contributed by atoms with Gasteiger partial charge in [-0.2, -0.15) is 10.3 Å². The maximum Gasteiger partial charge on any atom is 0.352 e. The monoisotopic (exact) mass is 562 g/mol. The summed E-state index contributed by atoms with van der Waals surface area (Å²) in [6.07, 6.45) is -0.357. The van der Waals surface area contributed by atoms with E-state index in [0.717, 1.165) is 0 Å². The van der Waals surface area contributed by atoms with Crippen LogP contribution in [0.1, 0.15) is 31.1 Å². The Morgan fingerprint density at radius 1 is 1.29 bits per heavy atom. The normalized spacial score (nSPS) is 19.6. The van der Waals surface area contributed by atoms with Gasteiger partial charge in [-0.3, -0.25) is 19.3 Å². The lowest BCUT2D eigenvalue weighted by molar-refractivity contribution is -0.150. The van der Waals surface area contributed by atoms with Gasteiger partial charge in [0.15, 0.2) is 0 Å². The fraction of sp³-hybridized carbons (Fsp3) is 0.391. The van der Waals surface area contributed by atoms with Crippen molar-refractivity contribution in [1.29, 1.82) is 0 Å². The van der Waals surface area contributed by atoms with Gasteiger partial charge >= 0.3 is 11.9 Å². The molecule has 38 heavy (non-hydrogen) atoms. The number of phenols is 1. The van der Waals surface area contributed by atoms with Crippen LogP contribution >= 0.6 is 23.5 Å². The molecule has 15 heteroatoms. The highest BCUT2D eigenvalue weighted by Crippen LogP contribution is 2.41. The van der Waals surface area contributed by atoms with Crippen LogP contribution in [-0.4, -0.2) is 83.3 Å². The molecule has 3 atom stereocenters. The summed E-state index contributed by atoms with van der Waals surface area (Å²) in [6, 6.07) is 3.83. The summed E-state index contributed by atoms with van der Waals surface area (Å²) >= 11 is 2.52. The zero-order chi connectivity index (χ0) is 27.6. The number of carboxylic acids is 1. The van der Waals surface area contributed by atoms with Gasteiger partial charge in [0.2, 0.25) is 5.91 Å². The van der Waals surface area contributed by atoms with Crippen LogP contribution in [0.15, 0.2) is 40.6 Å². The first-order valence-corrected chi connectivity index (χ1v) is 13.6. The van der Waals surface area contributed by atoms with E-state index in [-0.39, 0.29) is 29.7 Å². The number of carboxylic acid groups (broad SMARTS) is 1. The van der Waals surface area contributed by atoms with Crippen molar-refractivity contribution < 1.29 is 34.1 Å². The molecule has 2 aromatic rings. The third-order valence-corrected chi connectivity index (χ3v) is 8.16. The number of amides is 2. The van der Waals surface area contributed by atoms with E-state index >= 15 is 0 Å². The quantitative estimate of drug-likeness (QED) is 0.153. The van der Waals surface area contributed by atoms with Crippen LogP contribution in [0.4, 0.5) is 0 Å². The minimum absolute atomic E-state index is 0.0279. The van der Waals surface area contributed by atoms with E-state index in [1.54, 1.807) is 13.8 Å². The Hall–Kier alpha value is -3.56. The summed E-state index contributed by atoms with van der Waals surface area (Å²) in [5, 5.41) is 32.3. The summed E-state index contributed by atoms with van der Waals surface area (Å²) in [6.45, 7) is 3.48. The lowest BCUT2D eigenvalue weighted by Crippen LogP contribution is -2.71. The number of nitrogens with two attached hydrogens (primary N) is 1. The van der Waals surface area contributed by atoms with E-state index in [4.69, 9.17) is 10.5 Å². The van der Waals surface area contributed by atoms with Crippen molar-refractivity contribution in [3.63, 3.8) is 0 Å². The predicted molar refractivity (Wildman–Crippen MR) is 137 cm³/mol. The highest BCUT2D eigenvalue weighted by molar-refractivity contribution is 8.01. The molecular weight excluding hydrogens is 536 g/mol. The topological polar surface area (TPSA) is 201 Å². The average molecular weight is 563 g/mol. The zero-order valence-corrected chi connectivity index (χ0v) is 22.0. The Kier molecular flexibility index (Phi) is 8.28. The Morgan fingerprint density at radius 3 is 2.66 bits per heavy atom. The number of H-pyrrole nitrogens is 1. The van der Waals surface area contributed by atoms with Crippen LogP contribution in [0.25, 0.3) is 0 Å². The number of ether oxygens (including phenoxy) is 1. The molecule has 1 unspecified atom stereocenters. The van der Waals surface area contributed by atoms with Crippen LogP contribution < -0.4 is 11.1 Å². The smallest absolute Gasteiger partial charge is 0.352 e. The van der Waals surface area contributed by atoms with Gasteiger partial charge in [-0.15, -0.1) is 16.9 Å². The highest BCUT2D eigenvalue weighted by atomic mass is 32.2. The molecule has 0 saturated carbocycles. The molecule has 1 aromatic heterocycles. The van der Waals surface area contributed by atoms with Gasteiger partial charge in [0.25, 0.3) is 5.91 Å². The molecule has 0 bridgehead atoms. The molecule has 2 aliphatic heterocycles. The van der Waals surface area contributed by atoms with Crippen LogP contribution in [0.3, 0.4) is 0 Å². The number of aromatic hydroxyl groups is 1. The summed E-state index contributed by atoms with van der Waals surface area (Å²) in [5.41, 5.74) is 7.21. The van der Waals surface area contributed by atoms with E-state index < -0.39 is 41.2 Å². The summed E-state index contributed by atoms with van der Waals surface area (Å²) in [5.74, 6) is -2.32. The lowest BCUT2D eigenvalue weighted by Gasteiger charge is -2.49. The predicted octanol–water partition coefficient (Wildman–Crippen LogP) is 0.535. The number of thioether (sulfide) groups is 2. The average Bonchev–Trinajstić information content (AvgIpc) is 3.31. The second kappa shape index (κ2) is 11.4. The highest BCUT2D eigenvalue weighted by Gasteiger charge is 2.54. The van der Waals surface area contributed by atoms with E-state index in [9.17, 15) is 29.4 Å². The molecular formula is C23H26N6O7S2. The van der Waals surface area contributed by atoms with Crippen molar-refractivity contribution in [3.05, 3.63) is 46.8 Å². The molecule has 1 saturated heterocycles. The molecule has 6 N–H and O–H groups in total. The first-order chi connectivity index (χ1) is 18.1. The van der Waals surface area contributed by atoms with Crippen molar-refractivity contribution >= 4 is 47.3 Å². The number of hydrogen-bond acceptors (Lipinski definition) is 11. The maximum absolute atomic E-state index is 12.9. The number of aromatic nitrogens is 3. The number of carbonyl (C=O) groups excluding carboxylic acids is 3. The van der Waals surface area contributed by atoms with Gasteiger partial charge in [0, 0.05) is 11.5 Å². The van der Waals surface area contributed by atoms with E-state index in [0.29, 0.717) is 27.6 Å². The molecule has 202 valence electrons. The number of phenolic OH excluding ortho intramolecular Hbond substituents is 1. The minimum atomic E-state index is -1.26. The number of nitrogens with zero attached hydrogens (tertiary/aromatic N) is 3. The molecule has 1 fully saturated rings.